The van der Waals surface area contributed by atoms with Gasteiger partial charge in [-0.2, -0.15) is 0 Å². The second kappa shape index (κ2) is 6.10. The molecule has 1 rings (SSSR count). The molecule has 0 fully saturated rings. The lowest BCUT2D eigenvalue weighted by atomic mass is 10.0. The second-order valence-electron chi connectivity index (χ2n) is 3.63. The maximum atomic E-state index is 10.6. The van der Waals surface area contributed by atoms with Crippen molar-refractivity contribution in [1.29, 1.82) is 0 Å². The van der Waals surface area contributed by atoms with E-state index in [2.05, 4.69) is 0 Å². The Morgan fingerprint density at radius 3 is 2.65 bits per heavy atom. The van der Waals surface area contributed by atoms with Crippen LogP contribution in [0.5, 0.6) is 11.5 Å². The van der Waals surface area contributed by atoms with Crippen LogP contribution >= 0.6 is 0 Å². The number of nitrogens with two attached hydrogens (primary N) is 1. The van der Waals surface area contributed by atoms with Crippen LogP contribution in [0.3, 0.4) is 0 Å². The van der Waals surface area contributed by atoms with Gasteiger partial charge in [0.05, 0.1) is 20.3 Å². The van der Waals surface area contributed by atoms with Crippen LogP contribution in [0.1, 0.15) is 24.5 Å². The number of aliphatic hydroxyl groups is 1. The fourth-order valence-corrected chi connectivity index (χ4v) is 1.53. The number of carbonyl (C=O) groups excluding carboxylic acids is 1. The smallest absolute Gasteiger partial charge is 0.217 e. The Kier molecular flexibility index (Phi) is 4.78. The molecular weight excluding hydrogens is 222 g/mol. The number of carbonyl (C=O) groups is 1. The molecule has 1 amide bonds. The number of amides is 1. The van der Waals surface area contributed by atoms with Crippen LogP contribution in [-0.4, -0.2) is 25.2 Å². The number of ether oxygens (including phenoxy) is 2. The largest absolute Gasteiger partial charge is 0.497 e. The van der Waals surface area contributed by atoms with Gasteiger partial charge in [0.15, 0.2) is 0 Å². The quantitative estimate of drug-likeness (QED) is 0.776. The summed E-state index contributed by atoms with van der Waals surface area (Å²) in [5.41, 5.74) is 5.65. The second-order valence-corrected chi connectivity index (χ2v) is 3.63. The summed E-state index contributed by atoms with van der Waals surface area (Å²) in [7, 11) is 3.07. The molecule has 0 aliphatic rings. The van der Waals surface area contributed by atoms with Gasteiger partial charge in [0, 0.05) is 18.1 Å². The third-order valence-corrected chi connectivity index (χ3v) is 2.46. The highest BCUT2D eigenvalue weighted by molar-refractivity contribution is 5.73. The number of hydrogen-bond donors (Lipinski definition) is 2. The van der Waals surface area contributed by atoms with E-state index >= 15 is 0 Å². The van der Waals surface area contributed by atoms with Crippen molar-refractivity contribution in [1.82, 2.24) is 0 Å². The Morgan fingerprint density at radius 1 is 1.41 bits per heavy atom. The number of hydrogen-bond acceptors (Lipinski definition) is 4. The molecule has 1 aromatic carbocycles. The molecular formula is C12H17NO4. The maximum Gasteiger partial charge on any atom is 0.217 e. The molecule has 3 N–H and O–H groups in total. The maximum absolute atomic E-state index is 10.6. The van der Waals surface area contributed by atoms with Crippen molar-refractivity contribution in [3.63, 3.8) is 0 Å². The molecule has 0 heterocycles. The first-order chi connectivity index (χ1) is 8.08. The first-order valence-corrected chi connectivity index (χ1v) is 5.26. The van der Waals surface area contributed by atoms with Crippen molar-refractivity contribution >= 4 is 5.91 Å². The average molecular weight is 239 g/mol. The van der Waals surface area contributed by atoms with Gasteiger partial charge in [0.2, 0.25) is 5.91 Å². The van der Waals surface area contributed by atoms with E-state index in [1.807, 2.05) is 0 Å². The van der Waals surface area contributed by atoms with Crippen LogP contribution < -0.4 is 15.2 Å². The van der Waals surface area contributed by atoms with Gasteiger partial charge >= 0.3 is 0 Å². The van der Waals surface area contributed by atoms with Crippen molar-refractivity contribution in [2.45, 2.75) is 18.9 Å². The van der Waals surface area contributed by atoms with E-state index in [9.17, 15) is 9.90 Å². The topological polar surface area (TPSA) is 81.8 Å². The fourth-order valence-electron chi connectivity index (χ4n) is 1.53. The predicted octanol–water partition coefficient (Wildman–Crippen LogP) is 1.00. The minimum absolute atomic E-state index is 0.135. The third kappa shape index (κ3) is 3.64. The number of rotatable bonds is 6. The van der Waals surface area contributed by atoms with E-state index in [0.29, 0.717) is 17.1 Å². The molecule has 0 bridgehead atoms. The lowest BCUT2D eigenvalue weighted by Gasteiger charge is -2.15. The average Bonchev–Trinajstić information content (AvgIpc) is 2.34. The SMILES string of the molecule is COc1ccc(C(O)CCC(N)=O)c(OC)c1. The molecule has 0 aromatic heterocycles. The summed E-state index contributed by atoms with van der Waals surface area (Å²) < 4.78 is 10.2. The summed E-state index contributed by atoms with van der Waals surface area (Å²) in [5.74, 6) is 0.741. The van der Waals surface area contributed by atoms with Crippen molar-refractivity contribution < 1.29 is 19.4 Å². The van der Waals surface area contributed by atoms with Crippen molar-refractivity contribution in [2.75, 3.05) is 14.2 Å². The van der Waals surface area contributed by atoms with Gasteiger partial charge in [-0.05, 0) is 18.6 Å². The minimum Gasteiger partial charge on any atom is -0.497 e. The van der Waals surface area contributed by atoms with Gasteiger partial charge < -0.3 is 20.3 Å². The zero-order valence-electron chi connectivity index (χ0n) is 9.97. The van der Waals surface area contributed by atoms with Gasteiger partial charge in [-0.1, -0.05) is 0 Å². The van der Waals surface area contributed by atoms with Crippen molar-refractivity contribution in [2.24, 2.45) is 5.73 Å². The molecule has 0 aliphatic carbocycles. The predicted molar refractivity (Wildman–Crippen MR) is 62.9 cm³/mol. The molecule has 0 saturated heterocycles. The van der Waals surface area contributed by atoms with Crippen LogP contribution in [0.2, 0.25) is 0 Å². The molecule has 1 aromatic rings. The summed E-state index contributed by atoms with van der Waals surface area (Å²) in [6, 6.07) is 5.12. The zero-order chi connectivity index (χ0) is 12.8. The van der Waals surface area contributed by atoms with E-state index in [-0.39, 0.29) is 12.8 Å². The monoisotopic (exact) mass is 239 g/mol. The van der Waals surface area contributed by atoms with E-state index < -0.39 is 12.0 Å². The van der Waals surface area contributed by atoms with Crippen LogP contribution in [0.15, 0.2) is 18.2 Å². The lowest BCUT2D eigenvalue weighted by molar-refractivity contribution is -0.118. The Labute approximate surface area is 100 Å². The highest BCUT2D eigenvalue weighted by Crippen LogP contribution is 2.31. The van der Waals surface area contributed by atoms with Crippen molar-refractivity contribution in [3.05, 3.63) is 23.8 Å². The Bertz CT molecular complexity index is 392. The molecule has 17 heavy (non-hydrogen) atoms. The van der Waals surface area contributed by atoms with Crippen molar-refractivity contribution in [3.8, 4) is 11.5 Å². The zero-order valence-corrected chi connectivity index (χ0v) is 9.97. The summed E-state index contributed by atoms with van der Waals surface area (Å²) in [6.07, 6.45) is -0.364. The van der Waals surface area contributed by atoms with E-state index in [1.165, 1.54) is 7.11 Å². The normalized spacial score (nSPS) is 11.9. The molecule has 0 aliphatic heterocycles. The summed E-state index contributed by atoms with van der Waals surface area (Å²) in [6.45, 7) is 0. The van der Waals surface area contributed by atoms with Crippen LogP contribution in [-0.2, 0) is 4.79 Å². The van der Waals surface area contributed by atoms with Gasteiger partial charge in [-0.3, -0.25) is 4.79 Å². The molecule has 5 heteroatoms. The molecule has 1 atom stereocenters. The Morgan fingerprint density at radius 2 is 2.12 bits per heavy atom. The number of benzene rings is 1. The van der Waals surface area contributed by atoms with E-state index in [1.54, 1.807) is 25.3 Å². The molecule has 5 nitrogen and oxygen atoms in total. The molecule has 94 valence electrons. The molecule has 0 saturated carbocycles. The standard InChI is InChI=1S/C12H17NO4/c1-16-8-3-4-9(11(7-8)17-2)10(14)5-6-12(13)15/h3-4,7,10,14H,5-6H2,1-2H3,(H2,13,15). The Balaban J connectivity index is 2.84. The highest BCUT2D eigenvalue weighted by Gasteiger charge is 2.14. The lowest BCUT2D eigenvalue weighted by Crippen LogP contribution is -2.12. The number of aliphatic hydroxyl groups excluding tert-OH is 1. The summed E-state index contributed by atoms with van der Waals surface area (Å²) >= 11 is 0. The summed E-state index contributed by atoms with van der Waals surface area (Å²) in [4.78, 5) is 10.6. The minimum atomic E-state index is -0.775. The first kappa shape index (κ1) is 13.3. The number of primary amides is 1. The van der Waals surface area contributed by atoms with Crippen LogP contribution in [0.25, 0.3) is 0 Å². The van der Waals surface area contributed by atoms with E-state index in [0.717, 1.165) is 0 Å². The first-order valence-electron chi connectivity index (χ1n) is 5.26. The number of methoxy groups -OCH3 is 2. The van der Waals surface area contributed by atoms with Crippen LogP contribution in [0.4, 0.5) is 0 Å². The third-order valence-electron chi connectivity index (χ3n) is 2.46. The molecule has 1 unspecified atom stereocenters. The van der Waals surface area contributed by atoms with Crippen LogP contribution in [0, 0.1) is 0 Å². The Hall–Kier alpha value is -1.75. The van der Waals surface area contributed by atoms with E-state index in [4.69, 9.17) is 15.2 Å². The van der Waals surface area contributed by atoms with Gasteiger partial charge in [-0.25, -0.2) is 0 Å². The van der Waals surface area contributed by atoms with Gasteiger partial charge in [-0.15, -0.1) is 0 Å². The molecule has 0 spiro atoms. The summed E-state index contributed by atoms with van der Waals surface area (Å²) in [5, 5.41) is 9.92. The molecule has 0 radical (unpaired) electrons. The van der Waals surface area contributed by atoms with Gasteiger partial charge in [0.1, 0.15) is 11.5 Å². The highest BCUT2D eigenvalue weighted by atomic mass is 16.5. The van der Waals surface area contributed by atoms with Gasteiger partial charge in [0.25, 0.3) is 0 Å². The fraction of sp³-hybridized carbons (Fsp3) is 0.417.